The van der Waals surface area contributed by atoms with Crippen molar-refractivity contribution in [3.05, 3.63) is 30.6 Å². The maximum Gasteiger partial charge on any atom is 0.159 e. The number of hydrogen-bond acceptors (Lipinski definition) is 7. The number of benzene rings is 1. The third kappa shape index (κ3) is 3.98. The van der Waals surface area contributed by atoms with Crippen LogP contribution in [0.3, 0.4) is 0 Å². The van der Waals surface area contributed by atoms with Gasteiger partial charge in [-0.2, -0.15) is 0 Å². The van der Waals surface area contributed by atoms with E-state index < -0.39 is 0 Å². The molecule has 2 aromatic rings. The lowest BCUT2D eigenvalue weighted by atomic mass is 10.3. The van der Waals surface area contributed by atoms with Crippen molar-refractivity contribution in [2.75, 3.05) is 37.2 Å². The molecule has 4 N–H and O–H groups in total. The number of ether oxygens (including phenoxy) is 2. The van der Waals surface area contributed by atoms with Crippen LogP contribution in [-0.4, -0.2) is 36.8 Å². The number of anilines is 4. The van der Waals surface area contributed by atoms with E-state index in [0.717, 1.165) is 11.4 Å². The predicted molar refractivity (Wildman–Crippen MR) is 87.7 cm³/mol. The summed E-state index contributed by atoms with van der Waals surface area (Å²) >= 11 is 0. The molecule has 118 valence electrons. The minimum absolute atomic E-state index is 0.0936. The van der Waals surface area contributed by atoms with Crippen LogP contribution in [0.2, 0.25) is 0 Å². The van der Waals surface area contributed by atoms with Gasteiger partial charge in [0, 0.05) is 18.8 Å². The first-order valence-electron chi connectivity index (χ1n) is 6.91. The summed E-state index contributed by atoms with van der Waals surface area (Å²) < 4.78 is 10.2. The zero-order valence-corrected chi connectivity index (χ0v) is 13.0. The Kier molecular flexibility index (Phi) is 5.37. The number of aromatic nitrogens is 2. The lowest BCUT2D eigenvalue weighted by Gasteiger charge is -2.16. The van der Waals surface area contributed by atoms with Crippen LogP contribution in [0.25, 0.3) is 0 Å². The third-order valence-corrected chi connectivity index (χ3v) is 3.04. The average Bonchev–Trinajstić information content (AvgIpc) is 2.52. The predicted octanol–water partition coefficient (Wildman–Crippen LogP) is 2.26. The molecule has 0 aliphatic heterocycles. The summed E-state index contributed by atoms with van der Waals surface area (Å²) in [5.41, 5.74) is 7.44. The van der Waals surface area contributed by atoms with Gasteiger partial charge in [-0.25, -0.2) is 9.97 Å². The van der Waals surface area contributed by atoms with Crippen molar-refractivity contribution >= 4 is 23.0 Å². The van der Waals surface area contributed by atoms with Crippen LogP contribution in [0.4, 0.5) is 23.0 Å². The Hall–Kier alpha value is -2.54. The number of nitrogen functional groups attached to an aromatic ring is 1. The molecule has 0 saturated heterocycles. The van der Waals surface area contributed by atoms with Crippen molar-refractivity contribution in [2.24, 2.45) is 0 Å². The van der Waals surface area contributed by atoms with Gasteiger partial charge >= 0.3 is 0 Å². The van der Waals surface area contributed by atoms with Gasteiger partial charge in [-0.05, 0) is 31.2 Å². The lowest BCUT2D eigenvalue weighted by Crippen LogP contribution is -2.22. The van der Waals surface area contributed by atoms with Gasteiger partial charge < -0.3 is 25.8 Å². The highest BCUT2D eigenvalue weighted by Gasteiger charge is 2.10. The van der Waals surface area contributed by atoms with Gasteiger partial charge in [0.25, 0.3) is 0 Å². The summed E-state index contributed by atoms with van der Waals surface area (Å²) in [6.07, 6.45) is 1.46. The van der Waals surface area contributed by atoms with Crippen molar-refractivity contribution in [1.82, 2.24) is 9.97 Å². The number of hydrogen-bond donors (Lipinski definition) is 3. The molecule has 7 heteroatoms. The van der Waals surface area contributed by atoms with E-state index in [1.165, 1.54) is 6.33 Å². The van der Waals surface area contributed by atoms with Crippen LogP contribution < -0.4 is 21.1 Å². The Morgan fingerprint density at radius 1 is 1.14 bits per heavy atom. The second-order valence-corrected chi connectivity index (χ2v) is 4.84. The van der Waals surface area contributed by atoms with Gasteiger partial charge in [0.15, 0.2) is 11.6 Å². The molecule has 0 amide bonds. The molecule has 1 heterocycles. The first-order chi connectivity index (χ1) is 10.6. The molecule has 0 radical (unpaired) electrons. The molecule has 0 saturated carbocycles. The Bertz CT molecular complexity index is 603. The maximum atomic E-state index is 6.12. The van der Waals surface area contributed by atoms with E-state index in [0.29, 0.717) is 23.9 Å². The Labute approximate surface area is 129 Å². The molecule has 0 spiro atoms. The van der Waals surface area contributed by atoms with Gasteiger partial charge in [-0.1, -0.05) is 0 Å². The van der Waals surface area contributed by atoms with Crippen LogP contribution in [0.1, 0.15) is 6.92 Å². The highest BCUT2D eigenvalue weighted by Crippen LogP contribution is 2.26. The molecule has 1 atom stereocenters. The van der Waals surface area contributed by atoms with Gasteiger partial charge in [0.1, 0.15) is 17.8 Å². The standard InChI is InChI=1S/C15H21N5O2/c1-10(8-21-2)19-14-13(16)15(18-9-17-14)20-11-4-6-12(22-3)7-5-11/h4-7,9-10H,8,16H2,1-3H3,(H2,17,18,19,20). The van der Waals surface area contributed by atoms with Crippen LogP contribution in [0.5, 0.6) is 5.75 Å². The van der Waals surface area contributed by atoms with E-state index in [2.05, 4.69) is 20.6 Å². The smallest absolute Gasteiger partial charge is 0.159 e. The first-order valence-corrected chi connectivity index (χ1v) is 6.91. The number of nitrogens with one attached hydrogen (secondary N) is 2. The highest BCUT2D eigenvalue weighted by molar-refractivity contribution is 5.77. The molecule has 1 aromatic carbocycles. The van der Waals surface area contributed by atoms with Gasteiger partial charge in [-0.15, -0.1) is 0 Å². The van der Waals surface area contributed by atoms with E-state index >= 15 is 0 Å². The van der Waals surface area contributed by atoms with E-state index in [9.17, 15) is 0 Å². The van der Waals surface area contributed by atoms with Gasteiger partial charge in [-0.3, -0.25) is 0 Å². The van der Waals surface area contributed by atoms with E-state index in [1.54, 1.807) is 14.2 Å². The fourth-order valence-corrected chi connectivity index (χ4v) is 1.95. The lowest BCUT2D eigenvalue weighted by molar-refractivity contribution is 0.190. The topological polar surface area (TPSA) is 94.3 Å². The van der Waals surface area contributed by atoms with Crippen molar-refractivity contribution in [3.63, 3.8) is 0 Å². The van der Waals surface area contributed by atoms with Crippen molar-refractivity contribution in [2.45, 2.75) is 13.0 Å². The quantitative estimate of drug-likeness (QED) is 0.722. The Balaban J connectivity index is 2.13. The summed E-state index contributed by atoms with van der Waals surface area (Å²) in [6, 6.07) is 7.59. The second kappa shape index (κ2) is 7.46. The average molecular weight is 303 g/mol. The SMILES string of the molecule is COCC(C)Nc1ncnc(Nc2ccc(OC)cc2)c1N. The first kappa shape index (κ1) is 15.8. The van der Waals surface area contributed by atoms with Crippen molar-refractivity contribution < 1.29 is 9.47 Å². The molecule has 7 nitrogen and oxygen atoms in total. The second-order valence-electron chi connectivity index (χ2n) is 4.84. The molecule has 0 bridgehead atoms. The summed E-state index contributed by atoms with van der Waals surface area (Å²) in [7, 11) is 3.28. The number of methoxy groups -OCH3 is 2. The maximum absolute atomic E-state index is 6.12. The zero-order valence-electron chi connectivity index (χ0n) is 13.0. The molecule has 0 aliphatic carbocycles. The molecule has 22 heavy (non-hydrogen) atoms. The fourth-order valence-electron chi connectivity index (χ4n) is 1.95. The van der Waals surface area contributed by atoms with Crippen molar-refractivity contribution in [3.8, 4) is 5.75 Å². The number of nitrogens with two attached hydrogens (primary N) is 1. The third-order valence-electron chi connectivity index (χ3n) is 3.04. The van der Waals surface area contributed by atoms with E-state index in [-0.39, 0.29) is 6.04 Å². The van der Waals surface area contributed by atoms with E-state index in [1.807, 2.05) is 31.2 Å². The van der Waals surface area contributed by atoms with Crippen LogP contribution >= 0.6 is 0 Å². The molecular formula is C15H21N5O2. The number of rotatable bonds is 7. The summed E-state index contributed by atoms with van der Waals surface area (Å²) in [6.45, 7) is 2.55. The summed E-state index contributed by atoms with van der Waals surface area (Å²) in [4.78, 5) is 8.35. The highest BCUT2D eigenvalue weighted by atomic mass is 16.5. The van der Waals surface area contributed by atoms with Crippen LogP contribution in [-0.2, 0) is 4.74 Å². The van der Waals surface area contributed by atoms with Crippen LogP contribution in [0, 0.1) is 0 Å². The normalized spacial score (nSPS) is 11.8. The minimum Gasteiger partial charge on any atom is -0.497 e. The van der Waals surface area contributed by atoms with Gasteiger partial charge in [0.2, 0.25) is 0 Å². The molecule has 2 rings (SSSR count). The van der Waals surface area contributed by atoms with Crippen LogP contribution in [0.15, 0.2) is 30.6 Å². The van der Waals surface area contributed by atoms with E-state index in [4.69, 9.17) is 15.2 Å². The largest absolute Gasteiger partial charge is 0.497 e. The minimum atomic E-state index is 0.0936. The summed E-state index contributed by atoms with van der Waals surface area (Å²) in [5.74, 6) is 1.92. The molecule has 1 aromatic heterocycles. The molecular weight excluding hydrogens is 282 g/mol. The number of nitrogens with zero attached hydrogens (tertiary/aromatic N) is 2. The monoisotopic (exact) mass is 303 g/mol. The van der Waals surface area contributed by atoms with Crippen molar-refractivity contribution in [1.29, 1.82) is 0 Å². The molecule has 1 unspecified atom stereocenters. The van der Waals surface area contributed by atoms with Gasteiger partial charge in [0.05, 0.1) is 13.7 Å². The Morgan fingerprint density at radius 2 is 1.82 bits per heavy atom. The molecule has 0 aliphatic rings. The zero-order chi connectivity index (χ0) is 15.9. The fraction of sp³-hybridized carbons (Fsp3) is 0.333. The summed E-state index contributed by atoms with van der Waals surface area (Å²) in [5, 5.41) is 6.36. The Morgan fingerprint density at radius 3 is 2.45 bits per heavy atom. The molecule has 0 fully saturated rings.